The zero-order valence-corrected chi connectivity index (χ0v) is 14.7. The third-order valence-corrected chi connectivity index (χ3v) is 6.31. The summed E-state index contributed by atoms with van der Waals surface area (Å²) >= 11 is 0. The third-order valence-electron chi connectivity index (χ3n) is 4.27. The lowest BCUT2D eigenvalue weighted by Gasteiger charge is -2.31. The summed E-state index contributed by atoms with van der Waals surface area (Å²) in [5.74, 6) is 0. The molecule has 1 N–H and O–H groups in total. The molecule has 1 aliphatic rings. The number of hydrogen-bond acceptors (Lipinski definition) is 3. The lowest BCUT2D eigenvalue weighted by Crippen LogP contribution is -2.51. The van der Waals surface area contributed by atoms with E-state index in [4.69, 9.17) is 0 Å². The van der Waals surface area contributed by atoms with Crippen molar-refractivity contribution >= 4 is 33.3 Å². The van der Waals surface area contributed by atoms with Gasteiger partial charge in [0.15, 0.2) is 0 Å². The van der Waals surface area contributed by atoms with Crippen molar-refractivity contribution in [2.75, 3.05) is 19.6 Å². The molecule has 0 radical (unpaired) electrons. The van der Waals surface area contributed by atoms with Gasteiger partial charge in [0.05, 0.1) is 0 Å². The van der Waals surface area contributed by atoms with Gasteiger partial charge in [-0.3, -0.25) is 0 Å². The van der Waals surface area contributed by atoms with Crippen molar-refractivity contribution in [3.63, 3.8) is 0 Å². The number of hydrogen-bond donors (Lipinski definition) is 1. The highest BCUT2D eigenvalue weighted by molar-refractivity contribution is 7.89. The molecule has 1 aliphatic heterocycles. The zero-order chi connectivity index (χ0) is 15.2. The number of rotatable bonds is 2. The average molecular weight is 344 g/mol. The van der Waals surface area contributed by atoms with Crippen molar-refractivity contribution in [1.29, 1.82) is 0 Å². The van der Waals surface area contributed by atoms with Gasteiger partial charge in [-0.05, 0) is 19.9 Å². The maximum Gasteiger partial charge on any atom is 0.245 e. The Bertz CT molecular complexity index is 785. The summed E-state index contributed by atoms with van der Waals surface area (Å²) in [4.78, 5) is 0.453. The Morgan fingerprint density at radius 1 is 1.27 bits per heavy atom. The van der Waals surface area contributed by atoms with E-state index in [0.717, 1.165) is 16.6 Å². The number of nitrogens with zero attached hydrogens (tertiary/aromatic N) is 2. The van der Waals surface area contributed by atoms with Crippen LogP contribution in [0, 0.1) is 6.92 Å². The SMILES string of the molecule is Cc1c(S(=O)(=O)N2CCN[C@@H](C)C2)c2ccccc2n1C.Cl. The first-order valence-corrected chi connectivity index (χ1v) is 8.64. The molecule has 1 aromatic heterocycles. The van der Waals surface area contributed by atoms with Crippen LogP contribution in [-0.2, 0) is 17.1 Å². The van der Waals surface area contributed by atoms with E-state index in [2.05, 4.69) is 5.32 Å². The van der Waals surface area contributed by atoms with Gasteiger partial charge >= 0.3 is 0 Å². The molecule has 3 rings (SSSR count). The van der Waals surface area contributed by atoms with E-state index in [9.17, 15) is 8.42 Å². The number of sulfonamides is 1. The Kier molecular flexibility index (Phi) is 4.87. The minimum Gasteiger partial charge on any atom is -0.347 e. The molecule has 1 atom stereocenters. The maximum absolute atomic E-state index is 13.1. The van der Waals surface area contributed by atoms with Gasteiger partial charge in [0.25, 0.3) is 0 Å². The normalized spacial score (nSPS) is 20.0. The summed E-state index contributed by atoms with van der Waals surface area (Å²) in [6.07, 6.45) is 0. The largest absolute Gasteiger partial charge is 0.347 e. The highest BCUT2D eigenvalue weighted by Crippen LogP contribution is 2.31. The molecule has 0 spiro atoms. The van der Waals surface area contributed by atoms with E-state index in [-0.39, 0.29) is 18.4 Å². The van der Waals surface area contributed by atoms with E-state index in [1.165, 1.54) is 0 Å². The van der Waals surface area contributed by atoms with Crippen molar-refractivity contribution in [3.05, 3.63) is 30.0 Å². The van der Waals surface area contributed by atoms with Gasteiger partial charge in [-0.15, -0.1) is 12.4 Å². The molecule has 0 unspecified atom stereocenters. The molecule has 0 amide bonds. The Balaban J connectivity index is 0.00000176. The first-order valence-electron chi connectivity index (χ1n) is 7.20. The topological polar surface area (TPSA) is 54.3 Å². The van der Waals surface area contributed by atoms with Gasteiger partial charge < -0.3 is 9.88 Å². The third kappa shape index (κ3) is 2.65. The molecule has 7 heteroatoms. The summed E-state index contributed by atoms with van der Waals surface area (Å²) in [5, 5.41) is 4.09. The monoisotopic (exact) mass is 343 g/mol. The fourth-order valence-electron chi connectivity index (χ4n) is 3.06. The summed E-state index contributed by atoms with van der Waals surface area (Å²) in [6.45, 7) is 5.63. The molecular formula is C15H22ClN3O2S. The fraction of sp³-hybridized carbons (Fsp3) is 0.467. The molecule has 5 nitrogen and oxygen atoms in total. The number of benzene rings is 1. The summed E-state index contributed by atoms with van der Waals surface area (Å²) in [7, 11) is -1.55. The molecule has 1 aromatic carbocycles. The molecular weight excluding hydrogens is 322 g/mol. The number of piperazine rings is 1. The second-order valence-electron chi connectivity index (χ2n) is 5.71. The lowest BCUT2D eigenvalue weighted by molar-refractivity contribution is 0.310. The summed E-state index contributed by atoms with van der Waals surface area (Å²) < 4.78 is 29.7. The standard InChI is InChI=1S/C15H21N3O2S.ClH/c1-11-10-18(9-8-16-11)21(19,20)15-12(2)17(3)14-7-5-4-6-13(14)15;/h4-7,11,16H,8-10H2,1-3H3;1H/t11-;/m0./s1. The Morgan fingerprint density at radius 2 is 1.95 bits per heavy atom. The van der Waals surface area contributed by atoms with Crippen molar-refractivity contribution in [2.24, 2.45) is 7.05 Å². The maximum atomic E-state index is 13.1. The number of aromatic nitrogens is 1. The quantitative estimate of drug-likeness (QED) is 0.906. The van der Waals surface area contributed by atoms with Crippen LogP contribution in [-0.4, -0.2) is 43.0 Å². The van der Waals surface area contributed by atoms with Crippen LogP contribution in [0.3, 0.4) is 0 Å². The van der Waals surface area contributed by atoms with Gasteiger partial charge in [-0.25, -0.2) is 8.42 Å². The Labute approximate surface area is 137 Å². The van der Waals surface area contributed by atoms with E-state index >= 15 is 0 Å². The molecule has 22 heavy (non-hydrogen) atoms. The van der Waals surface area contributed by atoms with Crippen molar-refractivity contribution < 1.29 is 8.42 Å². The number of aryl methyl sites for hydroxylation is 1. The van der Waals surface area contributed by atoms with Crippen LogP contribution >= 0.6 is 12.4 Å². The van der Waals surface area contributed by atoms with Crippen LogP contribution in [0.2, 0.25) is 0 Å². The predicted molar refractivity (Wildman–Crippen MR) is 91.1 cm³/mol. The Morgan fingerprint density at radius 3 is 2.64 bits per heavy atom. The summed E-state index contributed by atoms with van der Waals surface area (Å²) in [5.41, 5.74) is 1.75. The minimum absolute atomic E-state index is 0. The van der Waals surface area contributed by atoms with Crippen LogP contribution in [0.15, 0.2) is 29.2 Å². The first kappa shape index (κ1) is 17.3. The van der Waals surface area contributed by atoms with Gasteiger partial charge in [0, 0.05) is 49.3 Å². The van der Waals surface area contributed by atoms with E-state index < -0.39 is 10.0 Å². The van der Waals surface area contributed by atoms with Crippen LogP contribution in [0.5, 0.6) is 0 Å². The van der Waals surface area contributed by atoms with Crippen molar-refractivity contribution in [3.8, 4) is 0 Å². The van der Waals surface area contributed by atoms with E-state index in [1.807, 2.05) is 49.7 Å². The van der Waals surface area contributed by atoms with Gasteiger partial charge in [-0.1, -0.05) is 18.2 Å². The van der Waals surface area contributed by atoms with Crippen LogP contribution in [0.1, 0.15) is 12.6 Å². The number of halogens is 1. The second-order valence-corrected chi connectivity index (χ2v) is 7.58. The fourth-order valence-corrected chi connectivity index (χ4v) is 5.03. The average Bonchev–Trinajstić information content (AvgIpc) is 2.72. The summed E-state index contributed by atoms with van der Waals surface area (Å²) in [6, 6.07) is 7.86. The smallest absolute Gasteiger partial charge is 0.245 e. The molecule has 1 fully saturated rings. The van der Waals surface area contributed by atoms with Gasteiger partial charge in [0.2, 0.25) is 10.0 Å². The van der Waals surface area contributed by atoms with Crippen LogP contribution in [0.4, 0.5) is 0 Å². The molecule has 2 aromatic rings. The molecule has 1 saturated heterocycles. The van der Waals surface area contributed by atoms with Crippen molar-refractivity contribution in [1.82, 2.24) is 14.2 Å². The number of fused-ring (bicyclic) bond motifs is 1. The highest BCUT2D eigenvalue weighted by atomic mass is 35.5. The van der Waals surface area contributed by atoms with Crippen LogP contribution in [0.25, 0.3) is 10.9 Å². The lowest BCUT2D eigenvalue weighted by atomic mass is 10.2. The van der Waals surface area contributed by atoms with Crippen molar-refractivity contribution in [2.45, 2.75) is 24.8 Å². The number of nitrogens with one attached hydrogen (secondary N) is 1. The van der Waals surface area contributed by atoms with Crippen LogP contribution < -0.4 is 5.32 Å². The molecule has 0 saturated carbocycles. The molecule has 0 aliphatic carbocycles. The van der Waals surface area contributed by atoms with E-state index in [0.29, 0.717) is 24.5 Å². The molecule has 0 bridgehead atoms. The predicted octanol–water partition coefficient (Wildman–Crippen LogP) is 1.89. The van der Waals surface area contributed by atoms with Gasteiger partial charge in [0.1, 0.15) is 4.90 Å². The van der Waals surface area contributed by atoms with Gasteiger partial charge in [-0.2, -0.15) is 4.31 Å². The first-order chi connectivity index (χ1) is 9.93. The Hall–Kier alpha value is -1.08. The van der Waals surface area contributed by atoms with E-state index in [1.54, 1.807) is 4.31 Å². The zero-order valence-electron chi connectivity index (χ0n) is 13.0. The molecule has 122 valence electrons. The number of para-hydroxylation sites is 1. The second kappa shape index (κ2) is 6.20. The highest BCUT2D eigenvalue weighted by Gasteiger charge is 2.32. The molecule has 2 heterocycles. The minimum atomic E-state index is -3.46.